The van der Waals surface area contributed by atoms with Crippen LogP contribution in [0.1, 0.15) is 41.0 Å². The van der Waals surface area contributed by atoms with Gasteiger partial charge in [-0.25, -0.2) is 0 Å². The predicted molar refractivity (Wildman–Crippen MR) is 73.2 cm³/mol. The normalized spacial score (nSPS) is 24.8. The predicted octanol–water partition coefficient (Wildman–Crippen LogP) is 4.58. The molecular formula is C14H22ClN. The van der Waals surface area contributed by atoms with E-state index in [4.69, 9.17) is 11.6 Å². The number of aliphatic imine (C=N–C) groups is 1. The van der Waals surface area contributed by atoms with E-state index in [2.05, 4.69) is 51.8 Å². The topological polar surface area (TPSA) is 12.4 Å². The molecule has 0 aromatic rings. The van der Waals surface area contributed by atoms with Crippen LogP contribution in [-0.2, 0) is 0 Å². The van der Waals surface area contributed by atoms with Crippen molar-refractivity contribution in [2.24, 2.45) is 16.3 Å². The molecule has 0 amide bonds. The Bertz CT molecular complexity index is 339. The molecule has 2 unspecified atom stereocenters. The van der Waals surface area contributed by atoms with Gasteiger partial charge in [-0.1, -0.05) is 51.4 Å². The van der Waals surface area contributed by atoms with Gasteiger partial charge in [0.1, 0.15) is 0 Å². The average Bonchev–Trinajstić information content (AvgIpc) is 2.40. The molecule has 0 bridgehead atoms. The van der Waals surface area contributed by atoms with Crippen LogP contribution in [0, 0.1) is 11.3 Å². The molecule has 0 radical (unpaired) electrons. The lowest BCUT2D eigenvalue weighted by atomic mass is 9.70. The zero-order valence-corrected chi connectivity index (χ0v) is 11.7. The van der Waals surface area contributed by atoms with Gasteiger partial charge in [-0.15, -0.1) is 0 Å². The van der Waals surface area contributed by atoms with E-state index in [0.29, 0.717) is 5.92 Å². The van der Waals surface area contributed by atoms with Gasteiger partial charge in [-0.05, 0) is 30.3 Å². The minimum atomic E-state index is 0.129. The smallest absolute Gasteiger partial charge is 0.0655 e. The molecule has 0 aromatic heterocycles. The summed E-state index contributed by atoms with van der Waals surface area (Å²) in [5.74, 6) is 0.563. The highest BCUT2D eigenvalue weighted by Crippen LogP contribution is 2.41. The molecule has 2 heteroatoms. The van der Waals surface area contributed by atoms with Gasteiger partial charge in [-0.3, -0.25) is 4.99 Å². The van der Waals surface area contributed by atoms with Gasteiger partial charge in [0.25, 0.3) is 0 Å². The Hall–Kier alpha value is -0.560. The van der Waals surface area contributed by atoms with Crippen LogP contribution in [0.3, 0.4) is 0 Å². The molecule has 1 nitrogen and oxygen atoms in total. The van der Waals surface area contributed by atoms with Crippen molar-refractivity contribution in [3.63, 3.8) is 0 Å². The molecular weight excluding hydrogens is 218 g/mol. The summed E-state index contributed by atoms with van der Waals surface area (Å²) in [7, 11) is 0. The third-order valence-electron chi connectivity index (χ3n) is 3.85. The Kier molecular flexibility index (Phi) is 4.37. The number of rotatable bonds is 3. The molecule has 0 aromatic carbocycles. The van der Waals surface area contributed by atoms with Gasteiger partial charge in [0, 0.05) is 6.21 Å². The van der Waals surface area contributed by atoms with Crippen LogP contribution in [0.2, 0.25) is 0 Å². The summed E-state index contributed by atoms with van der Waals surface area (Å²) in [5, 5.41) is 0.790. The first-order valence-corrected chi connectivity index (χ1v) is 6.41. The zero-order chi connectivity index (χ0) is 12.3. The first-order valence-electron chi connectivity index (χ1n) is 6.03. The summed E-state index contributed by atoms with van der Waals surface area (Å²) in [6.45, 7) is 11.1. The number of allylic oxidation sites excluding steroid dienone is 3. The van der Waals surface area contributed by atoms with Crippen LogP contribution in [0.5, 0.6) is 0 Å². The third-order valence-corrected chi connectivity index (χ3v) is 4.15. The third kappa shape index (κ3) is 2.57. The molecule has 1 heterocycles. The van der Waals surface area contributed by atoms with Crippen molar-refractivity contribution in [2.75, 3.05) is 0 Å². The van der Waals surface area contributed by atoms with Crippen LogP contribution in [-0.4, -0.2) is 12.3 Å². The lowest BCUT2D eigenvalue weighted by Gasteiger charge is -2.34. The second-order valence-corrected chi connectivity index (χ2v) is 5.47. The van der Waals surface area contributed by atoms with E-state index in [0.717, 1.165) is 11.5 Å². The highest BCUT2D eigenvalue weighted by molar-refractivity contribution is 6.40. The standard InChI is InChI=1S/C14H22ClN/c1-6-14(5,10(2)3)12-8-7-11(4)16-9-13(12)15/h7-11H,6H2,1-5H3. The van der Waals surface area contributed by atoms with Crippen molar-refractivity contribution in [3.05, 3.63) is 22.8 Å². The summed E-state index contributed by atoms with van der Waals surface area (Å²) in [6.07, 6.45) is 7.17. The second-order valence-electron chi connectivity index (χ2n) is 5.07. The Balaban J connectivity index is 3.20. The van der Waals surface area contributed by atoms with Crippen LogP contribution in [0.4, 0.5) is 0 Å². The first-order chi connectivity index (χ1) is 7.41. The van der Waals surface area contributed by atoms with Crippen molar-refractivity contribution in [1.82, 2.24) is 0 Å². The highest BCUT2D eigenvalue weighted by Gasteiger charge is 2.31. The maximum Gasteiger partial charge on any atom is 0.0655 e. The lowest BCUT2D eigenvalue weighted by Crippen LogP contribution is -2.25. The number of halogens is 1. The second kappa shape index (κ2) is 5.18. The Morgan fingerprint density at radius 1 is 1.50 bits per heavy atom. The molecule has 90 valence electrons. The fraction of sp³-hybridized carbons (Fsp3) is 0.643. The number of hydrogen-bond acceptors (Lipinski definition) is 1. The molecule has 0 aliphatic carbocycles. The quantitative estimate of drug-likeness (QED) is 0.684. The SMILES string of the molecule is CCC(C)(C1=C(Cl)C=NC(C)C=C1)C(C)C. The van der Waals surface area contributed by atoms with E-state index in [1.807, 2.05) is 0 Å². The molecule has 1 rings (SSSR count). The summed E-state index contributed by atoms with van der Waals surface area (Å²) >= 11 is 6.34. The van der Waals surface area contributed by atoms with Crippen molar-refractivity contribution in [2.45, 2.75) is 47.1 Å². The van der Waals surface area contributed by atoms with Crippen LogP contribution < -0.4 is 0 Å². The lowest BCUT2D eigenvalue weighted by molar-refractivity contribution is 0.272. The van der Waals surface area contributed by atoms with E-state index in [1.165, 1.54) is 5.57 Å². The summed E-state index contributed by atoms with van der Waals surface area (Å²) < 4.78 is 0. The van der Waals surface area contributed by atoms with E-state index in [9.17, 15) is 0 Å². The highest BCUT2D eigenvalue weighted by atomic mass is 35.5. The van der Waals surface area contributed by atoms with Crippen molar-refractivity contribution in [1.29, 1.82) is 0 Å². The maximum atomic E-state index is 6.34. The largest absolute Gasteiger partial charge is 0.284 e. The summed E-state index contributed by atoms with van der Waals surface area (Å²) in [4.78, 5) is 4.36. The van der Waals surface area contributed by atoms with Gasteiger partial charge in [0.05, 0.1) is 11.1 Å². The van der Waals surface area contributed by atoms with E-state index in [1.54, 1.807) is 6.21 Å². The molecule has 0 saturated carbocycles. The van der Waals surface area contributed by atoms with Gasteiger partial charge in [0.2, 0.25) is 0 Å². The molecule has 0 saturated heterocycles. The Morgan fingerprint density at radius 2 is 2.12 bits per heavy atom. The number of nitrogens with zero attached hydrogens (tertiary/aromatic N) is 1. The minimum Gasteiger partial charge on any atom is -0.284 e. The van der Waals surface area contributed by atoms with E-state index < -0.39 is 0 Å². The Morgan fingerprint density at radius 3 is 2.62 bits per heavy atom. The van der Waals surface area contributed by atoms with Crippen LogP contribution in [0.15, 0.2) is 27.7 Å². The molecule has 0 N–H and O–H groups in total. The van der Waals surface area contributed by atoms with Gasteiger partial charge >= 0.3 is 0 Å². The summed E-state index contributed by atoms with van der Waals surface area (Å²) in [5.41, 5.74) is 1.35. The van der Waals surface area contributed by atoms with Crippen molar-refractivity contribution >= 4 is 17.8 Å². The fourth-order valence-corrected chi connectivity index (χ4v) is 2.33. The molecule has 1 aliphatic heterocycles. The van der Waals surface area contributed by atoms with E-state index in [-0.39, 0.29) is 11.5 Å². The summed E-state index contributed by atoms with van der Waals surface area (Å²) in [6, 6.07) is 0.222. The molecule has 1 aliphatic rings. The average molecular weight is 240 g/mol. The maximum absolute atomic E-state index is 6.34. The van der Waals surface area contributed by atoms with Crippen molar-refractivity contribution < 1.29 is 0 Å². The number of hydrogen-bond donors (Lipinski definition) is 0. The van der Waals surface area contributed by atoms with Gasteiger partial charge in [-0.2, -0.15) is 0 Å². The molecule has 0 fully saturated rings. The molecule has 16 heavy (non-hydrogen) atoms. The van der Waals surface area contributed by atoms with Crippen LogP contribution >= 0.6 is 11.6 Å². The van der Waals surface area contributed by atoms with E-state index >= 15 is 0 Å². The molecule has 2 atom stereocenters. The Labute approximate surface area is 104 Å². The van der Waals surface area contributed by atoms with Crippen LogP contribution in [0.25, 0.3) is 0 Å². The molecule has 0 spiro atoms. The van der Waals surface area contributed by atoms with Gasteiger partial charge < -0.3 is 0 Å². The minimum absolute atomic E-state index is 0.129. The monoisotopic (exact) mass is 239 g/mol. The van der Waals surface area contributed by atoms with Crippen molar-refractivity contribution in [3.8, 4) is 0 Å². The first kappa shape index (κ1) is 13.5. The zero-order valence-electron chi connectivity index (χ0n) is 10.9. The fourth-order valence-electron chi connectivity index (χ4n) is 1.99. The van der Waals surface area contributed by atoms with Gasteiger partial charge in [0.15, 0.2) is 0 Å².